The van der Waals surface area contributed by atoms with E-state index in [4.69, 9.17) is 11.6 Å². The van der Waals surface area contributed by atoms with Crippen molar-refractivity contribution in [2.24, 2.45) is 0 Å². The number of rotatable bonds is 2. The Labute approximate surface area is 172 Å². The number of hydrogen-bond donors (Lipinski definition) is 0. The van der Waals surface area contributed by atoms with Gasteiger partial charge in [0.25, 0.3) is 0 Å². The van der Waals surface area contributed by atoms with Crippen LogP contribution in [0.2, 0.25) is 5.02 Å². The first-order valence-electron chi connectivity index (χ1n) is 8.44. The Kier molecular flexibility index (Phi) is 4.10. The first kappa shape index (κ1) is 17.3. The third-order valence-electron chi connectivity index (χ3n) is 4.58. The molecule has 0 N–H and O–H groups in total. The van der Waals surface area contributed by atoms with Crippen LogP contribution in [0.4, 0.5) is 4.39 Å². The number of aromatic nitrogens is 4. The lowest BCUT2D eigenvalue weighted by Crippen LogP contribution is -1.99. The van der Waals surface area contributed by atoms with Gasteiger partial charge in [-0.3, -0.25) is 4.98 Å². The Morgan fingerprint density at radius 2 is 1.93 bits per heavy atom. The summed E-state index contributed by atoms with van der Waals surface area (Å²) >= 11 is 9.69. The van der Waals surface area contributed by atoms with Gasteiger partial charge in [-0.25, -0.2) is 14.4 Å². The minimum Gasteiger partial charge on any atom is -0.314 e. The van der Waals surface area contributed by atoms with Crippen molar-refractivity contribution in [2.45, 2.75) is 0 Å². The van der Waals surface area contributed by atoms with E-state index in [1.165, 1.54) is 12.1 Å². The maximum Gasteiger partial charge on any atom is 0.161 e. The number of hydrogen-bond acceptors (Lipinski definition) is 3. The molecule has 4 heterocycles. The highest BCUT2D eigenvalue weighted by atomic mass is 79.9. The van der Waals surface area contributed by atoms with Crippen molar-refractivity contribution < 1.29 is 4.39 Å². The predicted molar refractivity (Wildman–Crippen MR) is 112 cm³/mol. The minimum absolute atomic E-state index is 0.332. The van der Waals surface area contributed by atoms with Crippen LogP contribution in [0.1, 0.15) is 0 Å². The second kappa shape index (κ2) is 6.65. The molecule has 136 valence electrons. The summed E-state index contributed by atoms with van der Waals surface area (Å²) in [5, 5.41) is 2.28. The molecule has 0 bridgehead atoms. The minimum atomic E-state index is -0.388. The molecule has 0 fully saturated rings. The molecule has 7 heteroatoms. The molecule has 0 amide bonds. The molecule has 0 atom stereocenters. The molecule has 5 rings (SSSR count). The van der Waals surface area contributed by atoms with Crippen LogP contribution in [0, 0.1) is 5.82 Å². The molecule has 0 aliphatic heterocycles. The van der Waals surface area contributed by atoms with Crippen LogP contribution in [0.15, 0.2) is 71.7 Å². The molecule has 4 aromatic heterocycles. The largest absolute Gasteiger partial charge is 0.314 e. The SMILES string of the molecule is Fc1ccc(Cl)cc1-c1cc(-n2cc(Br)c3cnccc32)c2cccnc2n1. The molecule has 4 nitrogen and oxygen atoms in total. The monoisotopic (exact) mass is 452 g/mol. The van der Waals surface area contributed by atoms with Crippen molar-refractivity contribution in [1.82, 2.24) is 19.5 Å². The van der Waals surface area contributed by atoms with Gasteiger partial charge in [0.15, 0.2) is 5.65 Å². The Balaban J connectivity index is 1.87. The Bertz CT molecular complexity index is 1370. The smallest absolute Gasteiger partial charge is 0.161 e. The van der Waals surface area contributed by atoms with Gasteiger partial charge < -0.3 is 4.57 Å². The summed E-state index contributed by atoms with van der Waals surface area (Å²) in [6.45, 7) is 0. The summed E-state index contributed by atoms with van der Waals surface area (Å²) in [6.07, 6.45) is 7.18. The lowest BCUT2D eigenvalue weighted by molar-refractivity contribution is 0.631. The second-order valence-corrected chi connectivity index (χ2v) is 7.56. The van der Waals surface area contributed by atoms with Gasteiger partial charge in [0, 0.05) is 50.6 Å². The van der Waals surface area contributed by atoms with Crippen LogP contribution < -0.4 is 0 Å². The second-order valence-electron chi connectivity index (χ2n) is 6.27. The van der Waals surface area contributed by atoms with Crippen LogP contribution in [-0.4, -0.2) is 19.5 Å². The molecular weight excluding hydrogens is 443 g/mol. The standard InChI is InChI=1S/C21H11BrClFN4/c22-16-11-28(19-5-7-25-10-15(16)19)20-9-18(14-8-12(23)3-4-17(14)24)27-21-13(20)2-1-6-26-21/h1-11H. The van der Waals surface area contributed by atoms with Crippen molar-refractivity contribution in [3.63, 3.8) is 0 Å². The molecule has 0 saturated carbocycles. The number of fused-ring (bicyclic) bond motifs is 2. The molecule has 0 aliphatic rings. The highest BCUT2D eigenvalue weighted by Crippen LogP contribution is 2.33. The van der Waals surface area contributed by atoms with Crippen LogP contribution in [0.5, 0.6) is 0 Å². The van der Waals surface area contributed by atoms with Crippen molar-refractivity contribution in [3.8, 4) is 16.9 Å². The van der Waals surface area contributed by atoms with Crippen LogP contribution in [0.25, 0.3) is 38.9 Å². The summed E-state index contributed by atoms with van der Waals surface area (Å²) in [6, 6.07) is 12.0. The van der Waals surface area contributed by atoms with E-state index in [9.17, 15) is 4.39 Å². The quantitative estimate of drug-likeness (QED) is 0.320. The third kappa shape index (κ3) is 2.77. The van der Waals surface area contributed by atoms with E-state index in [2.05, 4.69) is 30.9 Å². The zero-order chi connectivity index (χ0) is 19.3. The fraction of sp³-hybridized carbons (Fsp3) is 0. The normalized spacial score (nSPS) is 11.4. The summed E-state index contributed by atoms with van der Waals surface area (Å²) in [5.41, 5.74) is 3.14. The predicted octanol–water partition coefficient (Wildman–Crippen LogP) is 6.19. The van der Waals surface area contributed by atoms with E-state index < -0.39 is 0 Å². The van der Waals surface area contributed by atoms with Crippen molar-refractivity contribution >= 4 is 49.5 Å². The summed E-state index contributed by atoms with van der Waals surface area (Å²) in [5.74, 6) is -0.388. The molecule has 0 aliphatic carbocycles. The zero-order valence-electron chi connectivity index (χ0n) is 14.3. The topological polar surface area (TPSA) is 43.6 Å². The maximum absolute atomic E-state index is 14.5. The lowest BCUT2D eigenvalue weighted by atomic mass is 10.1. The van der Waals surface area contributed by atoms with E-state index in [-0.39, 0.29) is 5.82 Å². The molecular formula is C21H11BrClFN4. The molecule has 0 spiro atoms. The number of pyridine rings is 3. The lowest BCUT2D eigenvalue weighted by Gasteiger charge is -2.12. The van der Waals surface area contributed by atoms with Crippen molar-refractivity contribution in [3.05, 3.63) is 82.6 Å². The number of benzene rings is 1. The van der Waals surface area contributed by atoms with Crippen molar-refractivity contribution in [1.29, 1.82) is 0 Å². The molecule has 0 radical (unpaired) electrons. The molecule has 5 aromatic rings. The van der Waals surface area contributed by atoms with Gasteiger partial charge in [-0.15, -0.1) is 0 Å². The zero-order valence-corrected chi connectivity index (χ0v) is 16.6. The fourth-order valence-electron chi connectivity index (χ4n) is 3.30. The van der Waals surface area contributed by atoms with Gasteiger partial charge in [-0.1, -0.05) is 11.6 Å². The maximum atomic E-state index is 14.5. The Morgan fingerprint density at radius 1 is 1.04 bits per heavy atom. The number of halogens is 3. The van der Waals surface area contributed by atoms with Crippen LogP contribution in [0.3, 0.4) is 0 Å². The average molecular weight is 454 g/mol. The fourth-order valence-corrected chi connectivity index (χ4v) is 3.99. The van der Waals surface area contributed by atoms with E-state index in [0.29, 0.717) is 21.9 Å². The molecule has 0 saturated heterocycles. The highest BCUT2D eigenvalue weighted by molar-refractivity contribution is 9.10. The van der Waals surface area contributed by atoms with Gasteiger partial charge in [0.1, 0.15) is 5.82 Å². The number of nitrogens with zero attached hydrogens (tertiary/aromatic N) is 4. The highest BCUT2D eigenvalue weighted by Gasteiger charge is 2.16. The molecule has 28 heavy (non-hydrogen) atoms. The van der Waals surface area contributed by atoms with E-state index in [1.807, 2.05) is 35.0 Å². The van der Waals surface area contributed by atoms with Gasteiger partial charge in [-0.05, 0) is 58.4 Å². The van der Waals surface area contributed by atoms with Gasteiger partial charge in [0.2, 0.25) is 0 Å². The van der Waals surface area contributed by atoms with E-state index >= 15 is 0 Å². The average Bonchev–Trinajstić information content (AvgIpc) is 3.06. The Hall–Kier alpha value is -2.83. The van der Waals surface area contributed by atoms with Crippen LogP contribution in [-0.2, 0) is 0 Å². The van der Waals surface area contributed by atoms with Gasteiger partial charge in [-0.2, -0.15) is 0 Å². The van der Waals surface area contributed by atoms with Gasteiger partial charge in [0.05, 0.1) is 16.9 Å². The van der Waals surface area contributed by atoms with Gasteiger partial charge >= 0.3 is 0 Å². The summed E-state index contributed by atoms with van der Waals surface area (Å²) < 4.78 is 17.4. The van der Waals surface area contributed by atoms with Crippen LogP contribution >= 0.6 is 27.5 Å². The molecule has 0 unspecified atom stereocenters. The summed E-state index contributed by atoms with van der Waals surface area (Å²) in [4.78, 5) is 13.2. The third-order valence-corrected chi connectivity index (χ3v) is 5.45. The summed E-state index contributed by atoms with van der Waals surface area (Å²) in [7, 11) is 0. The van der Waals surface area contributed by atoms with E-state index in [1.54, 1.807) is 24.7 Å². The molecule has 1 aromatic carbocycles. The first-order valence-corrected chi connectivity index (χ1v) is 9.61. The van der Waals surface area contributed by atoms with Crippen molar-refractivity contribution in [2.75, 3.05) is 0 Å². The Morgan fingerprint density at radius 3 is 2.82 bits per heavy atom. The van der Waals surface area contributed by atoms with E-state index in [0.717, 1.165) is 26.4 Å². The first-order chi connectivity index (χ1) is 13.6.